The van der Waals surface area contributed by atoms with Crippen molar-refractivity contribution in [2.75, 3.05) is 31.1 Å². The first-order valence-electron chi connectivity index (χ1n) is 7.93. The van der Waals surface area contributed by atoms with E-state index in [1.807, 2.05) is 17.8 Å². The van der Waals surface area contributed by atoms with Crippen LogP contribution in [-0.4, -0.2) is 47.5 Å². The number of benzene rings is 1. The quantitative estimate of drug-likeness (QED) is 0.413. The number of thioether (sulfide) groups is 1. The summed E-state index contributed by atoms with van der Waals surface area (Å²) in [5.41, 5.74) is 7.34. The van der Waals surface area contributed by atoms with Crippen LogP contribution < -0.4 is 11.1 Å². The van der Waals surface area contributed by atoms with Crippen LogP contribution in [0.4, 0.5) is 0 Å². The van der Waals surface area contributed by atoms with Gasteiger partial charge in [-0.3, -0.25) is 4.99 Å². The topological polar surface area (TPSA) is 53.6 Å². The van der Waals surface area contributed by atoms with Crippen molar-refractivity contribution >= 4 is 41.7 Å². The minimum atomic E-state index is -0.0928. The highest BCUT2D eigenvalue weighted by Gasteiger charge is 2.21. The molecule has 0 amide bonds. The number of nitrogens with one attached hydrogen (secondary N) is 1. The highest BCUT2D eigenvalue weighted by atomic mass is 127. The second-order valence-electron chi connectivity index (χ2n) is 6.43. The number of rotatable bonds is 5. The Labute approximate surface area is 161 Å². The maximum atomic E-state index is 6.14. The summed E-state index contributed by atoms with van der Waals surface area (Å²) < 4.78 is 0. The van der Waals surface area contributed by atoms with E-state index in [1.165, 1.54) is 5.56 Å². The monoisotopic (exact) mass is 448 g/mol. The third-order valence-electron chi connectivity index (χ3n) is 3.88. The molecule has 0 bridgehead atoms. The summed E-state index contributed by atoms with van der Waals surface area (Å²) in [5, 5.41) is 3.65. The van der Waals surface area contributed by atoms with Gasteiger partial charge in [0.2, 0.25) is 0 Å². The molecule has 4 nitrogen and oxygen atoms in total. The number of nitrogens with zero attached hydrogens (tertiary/aromatic N) is 2. The molecule has 1 aromatic rings. The second-order valence-corrected chi connectivity index (χ2v) is 7.66. The summed E-state index contributed by atoms with van der Waals surface area (Å²) in [4.78, 5) is 6.80. The molecule has 1 unspecified atom stereocenters. The second kappa shape index (κ2) is 9.74. The Morgan fingerprint density at radius 3 is 2.52 bits per heavy atom. The first kappa shape index (κ1) is 20.6. The van der Waals surface area contributed by atoms with Gasteiger partial charge in [0.1, 0.15) is 0 Å². The Morgan fingerprint density at radius 1 is 1.30 bits per heavy atom. The van der Waals surface area contributed by atoms with Gasteiger partial charge in [0, 0.05) is 36.2 Å². The molecule has 1 saturated heterocycles. The Bertz CT molecular complexity index is 487. The van der Waals surface area contributed by atoms with E-state index in [2.05, 4.69) is 60.2 Å². The van der Waals surface area contributed by atoms with E-state index in [4.69, 9.17) is 5.73 Å². The standard InChI is InChI=1S/C17H28N4S.HI/c1-14(15-7-5-4-6-8-15)20-17(2,3)13-19-16(18)21-9-11-22-12-10-21;/h4-8,14,20H,9-13H2,1-3H3,(H2,18,19);1H. The lowest BCUT2D eigenvalue weighted by Gasteiger charge is -2.31. The van der Waals surface area contributed by atoms with E-state index < -0.39 is 0 Å². The number of hydrogen-bond donors (Lipinski definition) is 2. The van der Waals surface area contributed by atoms with E-state index >= 15 is 0 Å². The third kappa shape index (κ3) is 6.89. The minimum absolute atomic E-state index is 0. The van der Waals surface area contributed by atoms with Crippen molar-refractivity contribution in [2.24, 2.45) is 10.7 Å². The lowest BCUT2D eigenvalue weighted by atomic mass is 10.0. The van der Waals surface area contributed by atoms with Crippen LogP contribution in [-0.2, 0) is 0 Å². The van der Waals surface area contributed by atoms with Crippen molar-refractivity contribution in [2.45, 2.75) is 32.4 Å². The zero-order chi connectivity index (χ0) is 16.0. The lowest BCUT2D eigenvalue weighted by molar-refractivity contribution is 0.354. The van der Waals surface area contributed by atoms with Crippen molar-refractivity contribution in [1.29, 1.82) is 0 Å². The van der Waals surface area contributed by atoms with Crippen LogP contribution in [0.1, 0.15) is 32.4 Å². The molecule has 23 heavy (non-hydrogen) atoms. The van der Waals surface area contributed by atoms with Crippen LogP contribution in [0.25, 0.3) is 0 Å². The first-order valence-corrected chi connectivity index (χ1v) is 9.09. The van der Waals surface area contributed by atoms with Crippen molar-refractivity contribution in [1.82, 2.24) is 10.2 Å². The summed E-state index contributed by atoms with van der Waals surface area (Å²) in [7, 11) is 0. The average Bonchev–Trinajstić information content (AvgIpc) is 2.54. The molecule has 1 fully saturated rings. The minimum Gasteiger partial charge on any atom is -0.370 e. The van der Waals surface area contributed by atoms with Crippen molar-refractivity contribution in [3.05, 3.63) is 35.9 Å². The molecule has 1 aromatic carbocycles. The molecular formula is C17H29IN4S. The molecule has 1 atom stereocenters. The molecule has 0 radical (unpaired) electrons. The molecule has 0 spiro atoms. The molecule has 0 saturated carbocycles. The van der Waals surface area contributed by atoms with Gasteiger partial charge in [-0.1, -0.05) is 30.3 Å². The Balaban J connectivity index is 0.00000264. The van der Waals surface area contributed by atoms with Crippen molar-refractivity contribution in [3.8, 4) is 0 Å². The van der Waals surface area contributed by atoms with E-state index in [-0.39, 0.29) is 29.5 Å². The molecule has 0 aromatic heterocycles. The zero-order valence-electron chi connectivity index (χ0n) is 14.3. The number of nitrogens with two attached hydrogens (primary N) is 1. The van der Waals surface area contributed by atoms with Crippen LogP contribution in [0.3, 0.4) is 0 Å². The van der Waals surface area contributed by atoms with Gasteiger partial charge in [-0.2, -0.15) is 11.8 Å². The highest BCUT2D eigenvalue weighted by Crippen LogP contribution is 2.16. The molecule has 1 heterocycles. The molecule has 6 heteroatoms. The molecule has 2 rings (SSSR count). The Morgan fingerprint density at radius 2 is 1.91 bits per heavy atom. The van der Waals surface area contributed by atoms with Crippen molar-refractivity contribution in [3.63, 3.8) is 0 Å². The summed E-state index contributed by atoms with van der Waals surface area (Å²) in [6.45, 7) is 9.23. The van der Waals surface area contributed by atoms with Gasteiger partial charge in [-0.15, -0.1) is 24.0 Å². The maximum absolute atomic E-state index is 6.14. The summed E-state index contributed by atoms with van der Waals surface area (Å²) in [5.74, 6) is 2.97. The predicted molar refractivity (Wildman–Crippen MR) is 113 cm³/mol. The van der Waals surface area contributed by atoms with Crippen LogP contribution in [0, 0.1) is 0 Å². The van der Waals surface area contributed by atoms with E-state index in [0.717, 1.165) is 24.6 Å². The van der Waals surface area contributed by atoms with Gasteiger partial charge in [-0.05, 0) is 26.3 Å². The highest BCUT2D eigenvalue weighted by molar-refractivity contribution is 14.0. The van der Waals surface area contributed by atoms with Gasteiger partial charge in [0.25, 0.3) is 0 Å². The Hall–Kier alpha value is -0.470. The van der Waals surface area contributed by atoms with Gasteiger partial charge >= 0.3 is 0 Å². The lowest BCUT2D eigenvalue weighted by Crippen LogP contribution is -2.46. The van der Waals surface area contributed by atoms with E-state index in [9.17, 15) is 0 Å². The van der Waals surface area contributed by atoms with Crippen LogP contribution in [0.15, 0.2) is 35.3 Å². The SMILES string of the molecule is CC(NC(C)(C)CN=C(N)N1CCSCC1)c1ccccc1.I. The number of guanidine groups is 1. The normalized spacial score (nSPS) is 17.5. The molecule has 1 aliphatic rings. The summed E-state index contributed by atoms with van der Waals surface area (Å²) in [6.07, 6.45) is 0. The van der Waals surface area contributed by atoms with Gasteiger partial charge in [0.05, 0.1) is 6.54 Å². The van der Waals surface area contributed by atoms with Crippen LogP contribution in [0.2, 0.25) is 0 Å². The van der Waals surface area contributed by atoms with E-state index in [0.29, 0.717) is 18.5 Å². The molecule has 1 aliphatic heterocycles. The summed E-state index contributed by atoms with van der Waals surface area (Å²) in [6, 6.07) is 10.8. The fourth-order valence-electron chi connectivity index (χ4n) is 2.63. The summed E-state index contributed by atoms with van der Waals surface area (Å²) >= 11 is 1.98. The molecule has 0 aliphatic carbocycles. The van der Waals surface area contributed by atoms with Gasteiger partial charge in [-0.25, -0.2) is 0 Å². The smallest absolute Gasteiger partial charge is 0.191 e. The zero-order valence-corrected chi connectivity index (χ0v) is 17.4. The third-order valence-corrected chi connectivity index (χ3v) is 4.82. The molecule has 130 valence electrons. The van der Waals surface area contributed by atoms with Crippen molar-refractivity contribution < 1.29 is 0 Å². The largest absolute Gasteiger partial charge is 0.370 e. The van der Waals surface area contributed by atoms with E-state index in [1.54, 1.807) is 0 Å². The number of hydrogen-bond acceptors (Lipinski definition) is 3. The number of halogens is 1. The van der Waals surface area contributed by atoms with Crippen LogP contribution in [0.5, 0.6) is 0 Å². The molecular weight excluding hydrogens is 419 g/mol. The average molecular weight is 448 g/mol. The molecule has 3 N–H and O–H groups in total. The predicted octanol–water partition coefficient (Wildman–Crippen LogP) is 3.10. The van der Waals surface area contributed by atoms with Gasteiger partial charge < -0.3 is 16.0 Å². The maximum Gasteiger partial charge on any atom is 0.191 e. The first-order chi connectivity index (χ1) is 10.5. The fourth-order valence-corrected chi connectivity index (χ4v) is 3.53. The fraction of sp³-hybridized carbons (Fsp3) is 0.588. The van der Waals surface area contributed by atoms with Gasteiger partial charge in [0.15, 0.2) is 5.96 Å². The Kier molecular flexibility index (Phi) is 8.71. The van der Waals surface area contributed by atoms with Crippen LogP contribution >= 0.6 is 35.7 Å². The number of aliphatic imine (C=N–C) groups is 1.